The molecule has 102 valence electrons. The molecule has 1 aliphatic heterocycles. The van der Waals surface area contributed by atoms with E-state index in [1.807, 2.05) is 24.4 Å². The van der Waals surface area contributed by atoms with Crippen LogP contribution in [0.3, 0.4) is 0 Å². The number of benzene rings is 1. The summed E-state index contributed by atoms with van der Waals surface area (Å²) in [4.78, 5) is 16.5. The first-order valence-electron chi connectivity index (χ1n) is 6.64. The minimum Gasteiger partial charge on any atom is -0.448 e. The Kier molecular flexibility index (Phi) is 3.30. The number of cyclic esters (lactones) is 1. The molecule has 1 N–H and O–H groups in total. The summed E-state index contributed by atoms with van der Waals surface area (Å²) in [6.45, 7) is 1.23. The Morgan fingerprint density at radius 2 is 2.30 bits per heavy atom. The van der Waals surface area contributed by atoms with E-state index >= 15 is 0 Å². The van der Waals surface area contributed by atoms with Crippen LogP contribution in [0.2, 0.25) is 0 Å². The van der Waals surface area contributed by atoms with Crippen molar-refractivity contribution in [3.8, 4) is 6.07 Å². The van der Waals surface area contributed by atoms with E-state index in [1.165, 1.54) is 10.9 Å². The molecule has 0 radical (unpaired) electrons. The largest absolute Gasteiger partial charge is 0.448 e. The highest BCUT2D eigenvalue weighted by Crippen LogP contribution is 2.19. The summed E-state index contributed by atoms with van der Waals surface area (Å²) in [5, 5.41) is 10.1. The van der Waals surface area contributed by atoms with Crippen molar-refractivity contribution in [1.82, 2.24) is 9.88 Å². The maximum atomic E-state index is 11.7. The minimum absolute atomic E-state index is 0.207. The number of fused-ring (bicyclic) bond motifs is 1. The molecule has 0 aliphatic carbocycles. The number of hydrogen-bond donors (Lipinski definition) is 1. The lowest BCUT2D eigenvalue weighted by Crippen LogP contribution is -2.43. The smallest absolute Gasteiger partial charge is 0.409 e. The third-order valence-electron chi connectivity index (χ3n) is 3.62. The monoisotopic (exact) mass is 269 g/mol. The molecular formula is C15H15N3O2. The topological polar surface area (TPSA) is 69.1 Å². The molecule has 5 heteroatoms. The van der Waals surface area contributed by atoms with Crippen LogP contribution in [0, 0.1) is 17.2 Å². The number of para-hydroxylation sites is 1. The highest BCUT2D eigenvalue weighted by atomic mass is 16.6. The summed E-state index contributed by atoms with van der Waals surface area (Å²) in [6.07, 6.45) is 2.40. The van der Waals surface area contributed by atoms with Gasteiger partial charge in [0.15, 0.2) is 0 Å². The quantitative estimate of drug-likeness (QED) is 0.929. The molecule has 1 amide bonds. The molecule has 1 saturated heterocycles. The van der Waals surface area contributed by atoms with Crippen LogP contribution in [0.4, 0.5) is 4.79 Å². The Hall–Kier alpha value is -2.48. The van der Waals surface area contributed by atoms with Crippen LogP contribution in [-0.4, -0.2) is 35.7 Å². The minimum atomic E-state index is -0.323. The van der Waals surface area contributed by atoms with Gasteiger partial charge in [0.25, 0.3) is 0 Å². The molecule has 0 spiro atoms. The number of aromatic amines is 1. The highest BCUT2D eigenvalue weighted by Gasteiger charge is 2.26. The van der Waals surface area contributed by atoms with Crippen molar-refractivity contribution in [3.05, 3.63) is 36.0 Å². The number of amides is 1. The second kappa shape index (κ2) is 5.25. The standard InChI is InChI=1S/C15H15N3O2/c16-7-11-9-18(15(19)20-10-11)6-5-12-8-17-14-4-2-1-3-13(12)14/h1-4,8,11,17H,5-6,9-10H2. The fourth-order valence-corrected chi connectivity index (χ4v) is 2.51. The van der Waals surface area contributed by atoms with Gasteiger partial charge in [0.05, 0.1) is 12.0 Å². The first-order valence-corrected chi connectivity index (χ1v) is 6.64. The van der Waals surface area contributed by atoms with Gasteiger partial charge in [0.2, 0.25) is 0 Å². The van der Waals surface area contributed by atoms with Crippen LogP contribution in [0.25, 0.3) is 10.9 Å². The van der Waals surface area contributed by atoms with Crippen molar-refractivity contribution in [2.24, 2.45) is 5.92 Å². The fraction of sp³-hybridized carbons (Fsp3) is 0.333. The molecule has 1 aromatic heterocycles. The number of ether oxygens (including phenoxy) is 1. The molecule has 2 heterocycles. The third-order valence-corrected chi connectivity index (χ3v) is 3.62. The lowest BCUT2D eigenvalue weighted by Gasteiger charge is -2.29. The molecule has 1 unspecified atom stereocenters. The first-order chi connectivity index (χ1) is 9.78. The predicted molar refractivity (Wildman–Crippen MR) is 74.0 cm³/mol. The molecule has 3 rings (SSSR count). The summed E-state index contributed by atoms with van der Waals surface area (Å²) in [6, 6.07) is 10.2. The summed E-state index contributed by atoms with van der Waals surface area (Å²) in [5.74, 6) is -0.226. The van der Waals surface area contributed by atoms with E-state index in [1.54, 1.807) is 4.90 Å². The van der Waals surface area contributed by atoms with E-state index < -0.39 is 0 Å². The van der Waals surface area contributed by atoms with Crippen LogP contribution < -0.4 is 0 Å². The molecule has 20 heavy (non-hydrogen) atoms. The number of nitrogens with one attached hydrogen (secondary N) is 1. The van der Waals surface area contributed by atoms with Gasteiger partial charge in [0, 0.05) is 30.2 Å². The zero-order valence-electron chi connectivity index (χ0n) is 11.0. The van der Waals surface area contributed by atoms with Gasteiger partial charge in [-0.15, -0.1) is 0 Å². The summed E-state index contributed by atoms with van der Waals surface area (Å²) in [5.41, 5.74) is 2.27. The van der Waals surface area contributed by atoms with Crippen molar-refractivity contribution >= 4 is 17.0 Å². The molecule has 1 fully saturated rings. The summed E-state index contributed by atoms with van der Waals surface area (Å²) in [7, 11) is 0. The normalized spacial score (nSPS) is 18.9. The van der Waals surface area contributed by atoms with Crippen LogP contribution in [0.5, 0.6) is 0 Å². The number of aromatic nitrogens is 1. The number of rotatable bonds is 3. The van der Waals surface area contributed by atoms with Crippen molar-refractivity contribution < 1.29 is 9.53 Å². The van der Waals surface area contributed by atoms with Gasteiger partial charge in [0.1, 0.15) is 6.61 Å². The Balaban J connectivity index is 1.70. The second-order valence-electron chi connectivity index (χ2n) is 4.96. The van der Waals surface area contributed by atoms with Gasteiger partial charge in [-0.1, -0.05) is 18.2 Å². The van der Waals surface area contributed by atoms with E-state index in [4.69, 9.17) is 10.00 Å². The molecule has 2 aromatic rings. The zero-order valence-corrected chi connectivity index (χ0v) is 11.0. The summed E-state index contributed by atoms with van der Waals surface area (Å²) < 4.78 is 5.01. The molecule has 1 aromatic carbocycles. The van der Waals surface area contributed by atoms with Crippen molar-refractivity contribution in [3.63, 3.8) is 0 Å². The Morgan fingerprint density at radius 3 is 3.15 bits per heavy atom. The average molecular weight is 269 g/mol. The number of carbonyl (C=O) groups excluding carboxylic acids is 1. The van der Waals surface area contributed by atoms with Crippen LogP contribution >= 0.6 is 0 Å². The number of nitrogens with zero attached hydrogens (tertiary/aromatic N) is 2. The van der Waals surface area contributed by atoms with Gasteiger partial charge < -0.3 is 14.6 Å². The van der Waals surface area contributed by atoms with E-state index in [0.29, 0.717) is 13.1 Å². The van der Waals surface area contributed by atoms with Crippen LogP contribution in [0.15, 0.2) is 30.5 Å². The Bertz CT molecular complexity index is 671. The lowest BCUT2D eigenvalue weighted by molar-refractivity contribution is 0.0571. The lowest BCUT2D eigenvalue weighted by atomic mass is 10.1. The molecule has 0 bridgehead atoms. The number of H-pyrrole nitrogens is 1. The number of carbonyl (C=O) groups is 1. The first kappa shape index (κ1) is 12.5. The van der Waals surface area contributed by atoms with Gasteiger partial charge in [-0.3, -0.25) is 0 Å². The van der Waals surface area contributed by atoms with Crippen molar-refractivity contribution in [2.75, 3.05) is 19.7 Å². The molecule has 5 nitrogen and oxygen atoms in total. The fourth-order valence-electron chi connectivity index (χ4n) is 2.51. The van der Waals surface area contributed by atoms with Crippen LogP contribution in [0.1, 0.15) is 5.56 Å². The van der Waals surface area contributed by atoms with Gasteiger partial charge in [-0.25, -0.2) is 4.79 Å². The Morgan fingerprint density at radius 1 is 1.45 bits per heavy atom. The zero-order chi connectivity index (χ0) is 13.9. The Labute approximate surface area is 116 Å². The highest BCUT2D eigenvalue weighted by molar-refractivity contribution is 5.83. The maximum Gasteiger partial charge on any atom is 0.409 e. The molecule has 1 atom stereocenters. The second-order valence-corrected chi connectivity index (χ2v) is 4.96. The third kappa shape index (κ3) is 2.32. The van der Waals surface area contributed by atoms with E-state index in [9.17, 15) is 4.79 Å². The molecular weight excluding hydrogens is 254 g/mol. The van der Waals surface area contributed by atoms with Gasteiger partial charge >= 0.3 is 6.09 Å². The summed E-state index contributed by atoms with van der Waals surface area (Å²) >= 11 is 0. The van der Waals surface area contributed by atoms with E-state index in [-0.39, 0.29) is 18.6 Å². The average Bonchev–Trinajstić information content (AvgIpc) is 2.90. The van der Waals surface area contributed by atoms with E-state index in [2.05, 4.69) is 17.1 Å². The van der Waals surface area contributed by atoms with Crippen molar-refractivity contribution in [2.45, 2.75) is 6.42 Å². The van der Waals surface area contributed by atoms with Crippen LogP contribution in [-0.2, 0) is 11.2 Å². The predicted octanol–water partition coefficient (Wildman–Crippen LogP) is 2.30. The number of hydrogen-bond acceptors (Lipinski definition) is 3. The number of nitriles is 1. The molecule has 1 aliphatic rings. The van der Waals surface area contributed by atoms with Gasteiger partial charge in [-0.2, -0.15) is 5.26 Å². The maximum absolute atomic E-state index is 11.7. The SMILES string of the molecule is N#CC1COC(=O)N(CCc2c[nH]c3ccccc23)C1. The van der Waals surface area contributed by atoms with Gasteiger partial charge in [-0.05, 0) is 18.1 Å². The van der Waals surface area contributed by atoms with Crippen molar-refractivity contribution in [1.29, 1.82) is 5.26 Å². The molecule has 0 saturated carbocycles. The van der Waals surface area contributed by atoms with E-state index in [0.717, 1.165) is 11.9 Å².